The number of pyridine rings is 1. The Morgan fingerprint density at radius 3 is 2.70 bits per heavy atom. The van der Waals surface area contributed by atoms with Crippen molar-refractivity contribution < 1.29 is 4.79 Å². The molecule has 0 atom stereocenters. The number of nitrogens with one attached hydrogen (secondary N) is 1. The van der Waals surface area contributed by atoms with Gasteiger partial charge in [0.25, 0.3) is 0 Å². The van der Waals surface area contributed by atoms with E-state index in [2.05, 4.69) is 15.4 Å². The van der Waals surface area contributed by atoms with Crippen LogP contribution in [-0.4, -0.2) is 20.7 Å². The Morgan fingerprint density at radius 1 is 1.40 bits per heavy atom. The summed E-state index contributed by atoms with van der Waals surface area (Å²) in [7, 11) is 1.91. The van der Waals surface area contributed by atoms with Crippen LogP contribution >= 0.6 is 0 Å². The molecule has 2 aromatic heterocycles. The van der Waals surface area contributed by atoms with Crippen molar-refractivity contribution in [2.24, 2.45) is 7.05 Å². The number of carbonyl (C=O) groups excluding carboxylic acids is 1. The van der Waals surface area contributed by atoms with Crippen LogP contribution in [0.4, 0.5) is 11.5 Å². The minimum atomic E-state index is -0.0424. The van der Waals surface area contributed by atoms with Crippen LogP contribution in [0.5, 0.6) is 0 Å². The van der Waals surface area contributed by atoms with Crippen molar-refractivity contribution in [1.82, 2.24) is 14.8 Å². The van der Waals surface area contributed by atoms with Gasteiger partial charge < -0.3 is 11.1 Å². The highest BCUT2D eigenvalue weighted by Gasteiger charge is 2.11. The van der Waals surface area contributed by atoms with E-state index in [1.807, 2.05) is 25.6 Å². The Morgan fingerprint density at radius 2 is 2.15 bits per heavy atom. The molecule has 0 bridgehead atoms. The summed E-state index contributed by atoms with van der Waals surface area (Å²) in [5.41, 5.74) is 9.37. The van der Waals surface area contributed by atoms with Gasteiger partial charge in [-0.25, -0.2) is 4.98 Å². The van der Waals surface area contributed by atoms with Gasteiger partial charge in [-0.3, -0.25) is 9.48 Å². The van der Waals surface area contributed by atoms with Crippen LogP contribution < -0.4 is 11.1 Å². The number of nitrogens with zero attached hydrogens (tertiary/aromatic N) is 3. The SMILES string of the molecule is Cc1nn(C)c(C)c1CCC(=O)Nc1ccc(N)nc1. The molecule has 0 aromatic carbocycles. The number of nitrogen functional groups attached to an aromatic ring is 1. The van der Waals surface area contributed by atoms with Crippen LogP contribution in [0.25, 0.3) is 0 Å². The van der Waals surface area contributed by atoms with Crippen molar-refractivity contribution in [2.75, 3.05) is 11.1 Å². The zero-order valence-electron chi connectivity index (χ0n) is 12.0. The van der Waals surface area contributed by atoms with Gasteiger partial charge in [0.1, 0.15) is 5.82 Å². The first-order chi connectivity index (χ1) is 9.47. The molecule has 3 N–H and O–H groups in total. The third-order valence-corrected chi connectivity index (χ3v) is 3.33. The van der Waals surface area contributed by atoms with Crippen LogP contribution in [0.3, 0.4) is 0 Å². The predicted molar refractivity (Wildman–Crippen MR) is 78.3 cm³/mol. The third-order valence-electron chi connectivity index (χ3n) is 3.33. The van der Waals surface area contributed by atoms with E-state index in [1.54, 1.807) is 18.3 Å². The summed E-state index contributed by atoms with van der Waals surface area (Å²) in [6, 6.07) is 3.39. The first kappa shape index (κ1) is 14.0. The molecule has 2 aromatic rings. The topological polar surface area (TPSA) is 85.8 Å². The molecular weight excluding hydrogens is 254 g/mol. The maximum atomic E-state index is 11.9. The van der Waals surface area contributed by atoms with Gasteiger partial charge in [-0.1, -0.05) is 0 Å². The van der Waals surface area contributed by atoms with Crippen molar-refractivity contribution in [2.45, 2.75) is 26.7 Å². The first-order valence-corrected chi connectivity index (χ1v) is 6.48. The Kier molecular flexibility index (Phi) is 4.02. The summed E-state index contributed by atoms with van der Waals surface area (Å²) < 4.78 is 1.84. The van der Waals surface area contributed by atoms with Gasteiger partial charge in [-0.05, 0) is 38.0 Å². The molecule has 0 spiro atoms. The van der Waals surface area contributed by atoms with Crippen molar-refractivity contribution >= 4 is 17.4 Å². The molecule has 0 unspecified atom stereocenters. The van der Waals surface area contributed by atoms with E-state index in [4.69, 9.17) is 5.73 Å². The average molecular weight is 273 g/mol. The molecule has 6 nitrogen and oxygen atoms in total. The van der Waals surface area contributed by atoms with Gasteiger partial charge in [0, 0.05) is 19.2 Å². The van der Waals surface area contributed by atoms with Crippen molar-refractivity contribution in [3.63, 3.8) is 0 Å². The molecule has 2 heterocycles. The van der Waals surface area contributed by atoms with Crippen LogP contribution in [0.15, 0.2) is 18.3 Å². The maximum Gasteiger partial charge on any atom is 0.224 e. The summed E-state index contributed by atoms with van der Waals surface area (Å²) >= 11 is 0. The summed E-state index contributed by atoms with van der Waals surface area (Å²) in [6.07, 6.45) is 2.64. The molecule has 0 saturated carbocycles. The number of hydrogen-bond acceptors (Lipinski definition) is 4. The van der Waals surface area contributed by atoms with Crippen LogP contribution in [0, 0.1) is 13.8 Å². The Bertz CT molecular complexity index is 615. The second-order valence-electron chi connectivity index (χ2n) is 4.79. The number of aryl methyl sites for hydroxylation is 2. The number of anilines is 2. The molecule has 0 radical (unpaired) electrons. The number of hydrogen-bond donors (Lipinski definition) is 2. The molecule has 2 rings (SSSR count). The smallest absolute Gasteiger partial charge is 0.224 e. The van der Waals surface area contributed by atoms with Gasteiger partial charge in [-0.15, -0.1) is 0 Å². The van der Waals surface area contributed by atoms with E-state index in [9.17, 15) is 4.79 Å². The maximum absolute atomic E-state index is 11.9. The average Bonchev–Trinajstić information content (AvgIpc) is 2.64. The second-order valence-corrected chi connectivity index (χ2v) is 4.79. The fourth-order valence-electron chi connectivity index (χ4n) is 2.12. The van der Waals surface area contributed by atoms with E-state index in [1.165, 1.54) is 0 Å². The highest BCUT2D eigenvalue weighted by atomic mass is 16.1. The second kappa shape index (κ2) is 5.73. The largest absolute Gasteiger partial charge is 0.384 e. The fraction of sp³-hybridized carbons (Fsp3) is 0.357. The minimum absolute atomic E-state index is 0.0424. The summed E-state index contributed by atoms with van der Waals surface area (Å²) in [6.45, 7) is 3.97. The van der Waals surface area contributed by atoms with E-state index in [-0.39, 0.29) is 5.91 Å². The van der Waals surface area contributed by atoms with Gasteiger partial charge >= 0.3 is 0 Å². The van der Waals surface area contributed by atoms with Gasteiger partial charge in [0.05, 0.1) is 17.6 Å². The number of rotatable bonds is 4. The van der Waals surface area contributed by atoms with E-state index >= 15 is 0 Å². The fourth-order valence-corrected chi connectivity index (χ4v) is 2.12. The molecule has 0 saturated heterocycles. The number of amides is 1. The van der Waals surface area contributed by atoms with Crippen LogP contribution in [0.2, 0.25) is 0 Å². The number of aromatic nitrogens is 3. The van der Waals surface area contributed by atoms with Crippen LogP contribution in [0.1, 0.15) is 23.4 Å². The molecule has 20 heavy (non-hydrogen) atoms. The lowest BCUT2D eigenvalue weighted by Crippen LogP contribution is -2.13. The summed E-state index contributed by atoms with van der Waals surface area (Å²) in [5, 5.41) is 7.14. The molecule has 1 amide bonds. The molecule has 0 aliphatic rings. The van der Waals surface area contributed by atoms with E-state index in [0.717, 1.165) is 17.0 Å². The normalized spacial score (nSPS) is 10.6. The predicted octanol–water partition coefficient (Wildman–Crippen LogP) is 1.59. The lowest BCUT2D eigenvalue weighted by atomic mass is 10.1. The summed E-state index contributed by atoms with van der Waals surface area (Å²) in [5.74, 6) is 0.392. The Labute approximate surface area is 118 Å². The summed E-state index contributed by atoms with van der Waals surface area (Å²) in [4.78, 5) is 15.8. The number of carbonyl (C=O) groups is 1. The molecule has 0 fully saturated rings. The molecule has 6 heteroatoms. The van der Waals surface area contributed by atoms with Crippen molar-refractivity contribution in [1.29, 1.82) is 0 Å². The molecule has 106 valence electrons. The first-order valence-electron chi connectivity index (χ1n) is 6.48. The highest BCUT2D eigenvalue weighted by molar-refractivity contribution is 5.90. The lowest BCUT2D eigenvalue weighted by Gasteiger charge is -2.05. The standard InChI is InChI=1S/C14H19N5O/c1-9-12(10(2)19(3)18-9)5-7-14(20)17-11-4-6-13(15)16-8-11/h4,6,8H,5,7H2,1-3H3,(H2,15,16)(H,17,20). The van der Waals surface area contributed by atoms with Crippen molar-refractivity contribution in [3.05, 3.63) is 35.3 Å². The third kappa shape index (κ3) is 3.14. The lowest BCUT2D eigenvalue weighted by molar-refractivity contribution is -0.116. The Hall–Kier alpha value is -2.37. The van der Waals surface area contributed by atoms with Gasteiger partial charge in [0.2, 0.25) is 5.91 Å². The van der Waals surface area contributed by atoms with E-state index < -0.39 is 0 Å². The number of nitrogens with two attached hydrogens (primary N) is 1. The quantitative estimate of drug-likeness (QED) is 0.885. The van der Waals surface area contributed by atoms with Crippen molar-refractivity contribution in [3.8, 4) is 0 Å². The van der Waals surface area contributed by atoms with Gasteiger partial charge in [-0.2, -0.15) is 5.10 Å². The minimum Gasteiger partial charge on any atom is -0.384 e. The molecular formula is C14H19N5O. The molecule has 0 aliphatic heterocycles. The van der Waals surface area contributed by atoms with E-state index in [0.29, 0.717) is 24.3 Å². The molecule has 0 aliphatic carbocycles. The highest BCUT2D eigenvalue weighted by Crippen LogP contribution is 2.15. The zero-order chi connectivity index (χ0) is 14.7. The zero-order valence-corrected chi connectivity index (χ0v) is 12.0. The van der Waals surface area contributed by atoms with Gasteiger partial charge in [0.15, 0.2) is 0 Å². The Balaban J connectivity index is 1.94. The monoisotopic (exact) mass is 273 g/mol. The van der Waals surface area contributed by atoms with Crippen LogP contribution in [-0.2, 0) is 18.3 Å².